The number of ether oxygens (including phenoxy) is 1. The zero-order chi connectivity index (χ0) is 16.2. The number of rotatable bonds is 4. The molecule has 1 saturated heterocycles. The molecule has 122 valence electrons. The van der Waals surface area contributed by atoms with Gasteiger partial charge in [-0.25, -0.2) is 4.68 Å². The Kier molecular flexibility index (Phi) is 4.16. The Morgan fingerprint density at radius 2 is 1.71 bits per heavy atom. The van der Waals surface area contributed by atoms with E-state index in [1.807, 2.05) is 16.9 Å². The summed E-state index contributed by atoms with van der Waals surface area (Å²) in [5.41, 5.74) is 4.45. The Hall–Kier alpha value is -2.79. The van der Waals surface area contributed by atoms with Crippen molar-refractivity contribution in [3.63, 3.8) is 0 Å². The molecule has 1 aromatic heterocycles. The second-order valence-corrected chi connectivity index (χ2v) is 5.74. The highest BCUT2D eigenvalue weighted by Gasteiger charge is 2.14. The van der Waals surface area contributed by atoms with Crippen molar-refractivity contribution in [2.45, 2.75) is 0 Å². The van der Waals surface area contributed by atoms with Gasteiger partial charge in [0, 0.05) is 31.2 Å². The third-order valence-electron chi connectivity index (χ3n) is 4.17. The second-order valence-electron chi connectivity index (χ2n) is 5.74. The fraction of sp³-hybridized carbons (Fsp3) is 0.211. The third-order valence-corrected chi connectivity index (χ3v) is 4.17. The number of benzene rings is 2. The predicted octanol–water partition coefficient (Wildman–Crippen LogP) is 3.45. The fourth-order valence-corrected chi connectivity index (χ4v) is 2.93. The fourth-order valence-electron chi connectivity index (χ4n) is 2.93. The van der Waals surface area contributed by atoms with Crippen LogP contribution in [-0.2, 0) is 4.74 Å². The van der Waals surface area contributed by atoms with Gasteiger partial charge in [-0.15, -0.1) is 0 Å². The van der Waals surface area contributed by atoms with Crippen molar-refractivity contribution >= 4 is 17.1 Å². The molecule has 0 atom stereocenters. The van der Waals surface area contributed by atoms with E-state index in [0.717, 1.165) is 43.4 Å². The van der Waals surface area contributed by atoms with Gasteiger partial charge in [-0.2, -0.15) is 5.10 Å². The van der Waals surface area contributed by atoms with Crippen LogP contribution in [-0.4, -0.2) is 36.1 Å². The first kappa shape index (κ1) is 14.8. The molecule has 24 heavy (non-hydrogen) atoms. The van der Waals surface area contributed by atoms with Crippen LogP contribution in [0, 0.1) is 0 Å². The predicted molar refractivity (Wildman–Crippen MR) is 96.3 cm³/mol. The van der Waals surface area contributed by atoms with Crippen LogP contribution in [0.1, 0.15) is 0 Å². The molecular formula is C19H20N4O. The number of nitrogens with zero attached hydrogens (tertiary/aromatic N) is 3. The molecule has 3 aromatic rings. The van der Waals surface area contributed by atoms with Gasteiger partial charge in [-0.05, 0) is 42.5 Å². The Labute approximate surface area is 141 Å². The van der Waals surface area contributed by atoms with E-state index in [2.05, 4.69) is 63.8 Å². The van der Waals surface area contributed by atoms with E-state index < -0.39 is 0 Å². The Morgan fingerprint density at radius 1 is 0.917 bits per heavy atom. The van der Waals surface area contributed by atoms with Crippen molar-refractivity contribution in [2.75, 3.05) is 36.5 Å². The summed E-state index contributed by atoms with van der Waals surface area (Å²) in [6, 6.07) is 18.6. The minimum absolute atomic E-state index is 0.785. The average molecular weight is 320 g/mol. The summed E-state index contributed by atoms with van der Waals surface area (Å²) in [5, 5.41) is 7.78. The molecular weight excluding hydrogens is 300 g/mol. The molecule has 0 spiro atoms. The van der Waals surface area contributed by atoms with Crippen LogP contribution >= 0.6 is 0 Å². The molecule has 2 heterocycles. The standard InChI is InChI=1S/C19H20N4O/c1-2-5-19(22-12-14-24-15-13-22)18(4-1)21-16-6-8-17(9-7-16)23-11-3-10-20-23/h1-11,21H,12-15H2. The largest absolute Gasteiger partial charge is 0.378 e. The second kappa shape index (κ2) is 6.76. The van der Waals surface area contributed by atoms with Crippen LogP contribution in [0.4, 0.5) is 17.1 Å². The lowest BCUT2D eigenvalue weighted by Gasteiger charge is -2.30. The number of hydrogen-bond donors (Lipinski definition) is 1. The highest BCUT2D eigenvalue weighted by atomic mass is 16.5. The van der Waals surface area contributed by atoms with Crippen LogP contribution in [0.15, 0.2) is 67.0 Å². The van der Waals surface area contributed by atoms with Crippen molar-refractivity contribution < 1.29 is 4.74 Å². The Bertz CT molecular complexity index is 777. The highest BCUT2D eigenvalue weighted by Crippen LogP contribution is 2.29. The Morgan fingerprint density at radius 3 is 2.46 bits per heavy atom. The molecule has 2 aromatic carbocycles. The van der Waals surface area contributed by atoms with Crippen molar-refractivity contribution in [3.05, 3.63) is 67.0 Å². The number of morpholine rings is 1. The van der Waals surface area contributed by atoms with E-state index in [0.29, 0.717) is 0 Å². The molecule has 0 saturated carbocycles. The smallest absolute Gasteiger partial charge is 0.0647 e. The van der Waals surface area contributed by atoms with E-state index in [1.165, 1.54) is 5.69 Å². The minimum atomic E-state index is 0.785. The van der Waals surface area contributed by atoms with Gasteiger partial charge in [0.15, 0.2) is 0 Å². The molecule has 5 nitrogen and oxygen atoms in total. The van der Waals surface area contributed by atoms with E-state index in [4.69, 9.17) is 4.74 Å². The molecule has 5 heteroatoms. The number of nitrogens with one attached hydrogen (secondary N) is 1. The van der Waals surface area contributed by atoms with Gasteiger partial charge in [-0.1, -0.05) is 12.1 Å². The lowest BCUT2D eigenvalue weighted by Crippen LogP contribution is -2.36. The normalized spacial score (nSPS) is 14.6. The first-order valence-corrected chi connectivity index (χ1v) is 8.19. The van der Waals surface area contributed by atoms with Gasteiger partial charge >= 0.3 is 0 Å². The summed E-state index contributed by atoms with van der Waals surface area (Å²) in [6.45, 7) is 3.42. The maximum absolute atomic E-state index is 5.46. The number of hydrogen-bond acceptors (Lipinski definition) is 4. The lowest BCUT2D eigenvalue weighted by atomic mass is 10.2. The summed E-state index contributed by atoms with van der Waals surface area (Å²) in [5.74, 6) is 0. The summed E-state index contributed by atoms with van der Waals surface area (Å²) in [6.07, 6.45) is 3.72. The Balaban J connectivity index is 1.55. The molecule has 0 unspecified atom stereocenters. The van der Waals surface area contributed by atoms with Crippen molar-refractivity contribution in [3.8, 4) is 5.69 Å². The maximum Gasteiger partial charge on any atom is 0.0647 e. The first-order valence-electron chi connectivity index (χ1n) is 8.19. The van der Waals surface area contributed by atoms with Crippen LogP contribution in [0.25, 0.3) is 5.69 Å². The van der Waals surface area contributed by atoms with Gasteiger partial charge in [-0.3, -0.25) is 0 Å². The van der Waals surface area contributed by atoms with Crippen LogP contribution < -0.4 is 10.2 Å². The monoisotopic (exact) mass is 320 g/mol. The lowest BCUT2D eigenvalue weighted by molar-refractivity contribution is 0.123. The molecule has 0 amide bonds. The highest BCUT2D eigenvalue weighted by molar-refractivity contribution is 5.75. The molecule has 0 aliphatic carbocycles. The van der Waals surface area contributed by atoms with E-state index >= 15 is 0 Å². The topological polar surface area (TPSA) is 42.3 Å². The molecule has 1 N–H and O–H groups in total. The number of para-hydroxylation sites is 2. The number of aromatic nitrogens is 2. The zero-order valence-corrected chi connectivity index (χ0v) is 13.4. The zero-order valence-electron chi connectivity index (χ0n) is 13.4. The van der Waals surface area contributed by atoms with Gasteiger partial charge in [0.2, 0.25) is 0 Å². The van der Waals surface area contributed by atoms with Crippen LogP contribution in [0.3, 0.4) is 0 Å². The SMILES string of the molecule is c1ccc(N2CCOCC2)c(Nc2ccc(-n3cccn3)cc2)c1. The van der Waals surface area contributed by atoms with E-state index in [1.54, 1.807) is 6.20 Å². The quantitative estimate of drug-likeness (QED) is 0.799. The molecule has 1 fully saturated rings. The molecule has 0 radical (unpaired) electrons. The maximum atomic E-state index is 5.46. The summed E-state index contributed by atoms with van der Waals surface area (Å²) in [7, 11) is 0. The molecule has 1 aliphatic heterocycles. The van der Waals surface area contributed by atoms with Crippen LogP contribution in [0.2, 0.25) is 0 Å². The summed E-state index contributed by atoms with van der Waals surface area (Å²) >= 11 is 0. The van der Waals surface area contributed by atoms with Crippen molar-refractivity contribution in [1.82, 2.24) is 9.78 Å². The number of anilines is 3. The van der Waals surface area contributed by atoms with Gasteiger partial charge in [0.1, 0.15) is 0 Å². The average Bonchev–Trinajstić information content (AvgIpc) is 3.18. The minimum Gasteiger partial charge on any atom is -0.378 e. The molecule has 4 rings (SSSR count). The molecule has 0 bridgehead atoms. The van der Waals surface area contributed by atoms with Crippen LogP contribution in [0.5, 0.6) is 0 Å². The van der Waals surface area contributed by atoms with Gasteiger partial charge in [0.25, 0.3) is 0 Å². The third kappa shape index (κ3) is 3.12. The van der Waals surface area contributed by atoms with E-state index in [-0.39, 0.29) is 0 Å². The first-order chi connectivity index (χ1) is 11.9. The van der Waals surface area contributed by atoms with E-state index in [9.17, 15) is 0 Å². The van der Waals surface area contributed by atoms with Crippen molar-refractivity contribution in [1.29, 1.82) is 0 Å². The van der Waals surface area contributed by atoms with Crippen molar-refractivity contribution in [2.24, 2.45) is 0 Å². The molecule has 1 aliphatic rings. The van der Waals surface area contributed by atoms with Gasteiger partial charge < -0.3 is 15.0 Å². The summed E-state index contributed by atoms with van der Waals surface area (Å²) < 4.78 is 7.31. The summed E-state index contributed by atoms with van der Waals surface area (Å²) in [4.78, 5) is 2.37. The van der Waals surface area contributed by atoms with Gasteiger partial charge in [0.05, 0.1) is 30.3 Å².